The highest BCUT2D eigenvalue weighted by molar-refractivity contribution is 6.31. The van der Waals surface area contributed by atoms with Crippen LogP contribution < -0.4 is 0 Å². The van der Waals surface area contributed by atoms with Crippen molar-refractivity contribution in [2.45, 2.75) is 77.0 Å². The van der Waals surface area contributed by atoms with Crippen LogP contribution in [0, 0.1) is 17.2 Å². The van der Waals surface area contributed by atoms with Crippen LogP contribution in [-0.2, 0) is 23.2 Å². The molecule has 1 fully saturated rings. The molecule has 7 heteroatoms. The van der Waals surface area contributed by atoms with Crippen LogP contribution in [0.4, 0.5) is 0 Å². The van der Waals surface area contributed by atoms with Crippen molar-refractivity contribution < 1.29 is 9.90 Å². The van der Waals surface area contributed by atoms with Gasteiger partial charge in [0.2, 0.25) is 5.91 Å². The molecule has 188 valence electrons. The third-order valence-corrected chi connectivity index (χ3v) is 8.12. The Kier molecular flexibility index (Phi) is 6.57. The number of benzene rings is 2. The number of hydrogen-bond acceptors (Lipinski definition) is 4. The van der Waals surface area contributed by atoms with E-state index in [1.165, 1.54) is 11.1 Å². The van der Waals surface area contributed by atoms with Gasteiger partial charge in [0, 0.05) is 30.6 Å². The van der Waals surface area contributed by atoms with Gasteiger partial charge < -0.3 is 14.6 Å². The summed E-state index contributed by atoms with van der Waals surface area (Å²) >= 11 is 6.21. The molecule has 1 amide bonds. The van der Waals surface area contributed by atoms with Crippen molar-refractivity contribution in [3.63, 3.8) is 0 Å². The zero-order valence-corrected chi connectivity index (χ0v) is 21.9. The molecule has 1 heterocycles. The number of halogens is 1. The van der Waals surface area contributed by atoms with Crippen LogP contribution in [0.3, 0.4) is 0 Å². The van der Waals surface area contributed by atoms with Crippen molar-refractivity contribution in [2.75, 3.05) is 6.54 Å². The summed E-state index contributed by atoms with van der Waals surface area (Å²) < 4.78 is 2.19. The van der Waals surface area contributed by atoms with Gasteiger partial charge in [-0.15, -0.1) is 0 Å². The van der Waals surface area contributed by atoms with Gasteiger partial charge in [0.1, 0.15) is 11.4 Å². The summed E-state index contributed by atoms with van der Waals surface area (Å²) in [5.74, 6) is 1.18. The quantitative estimate of drug-likeness (QED) is 0.494. The Balaban J connectivity index is 1.31. The van der Waals surface area contributed by atoms with Crippen LogP contribution in [0.15, 0.2) is 36.4 Å². The number of nitrogens with zero attached hydrogens (tertiary/aromatic N) is 4. The van der Waals surface area contributed by atoms with Crippen LogP contribution in [-0.4, -0.2) is 38.1 Å². The summed E-state index contributed by atoms with van der Waals surface area (Å²) in [6, 6.07) is 14.3. The predicted molar refractivity (Wildman–Crippen MR) is 141 cm³/mol. The summed E-state index contributed by atoms with van der Waals surface area (Å²) in [5, 5.41) is 20.7. The Hall–Kier alpha value is -2.88. The SMILES string of the molecule is CC(=O)N(CC1Cc2ccc(C#N)cc2C1)C1CCC(n2c(C(C)(C)O)nc3cc(Cl)ccc32)CC1. The molecule has 3 aromatic rings. The van der Waals surface area contributed by atoms with Crippen LogP contribution in [0.5, 0.6) is 0 Å². The molecule has 0 saturated heterocycles. The van der Waals surface area contributed by atoms with Crippen LogP contribution >= 0.6 is 11.6 Å². The maximum absolute atomic E-state index is 12.7. The minimum Gasteiger partial charge on any atom is -0.383 e. The highest BCUT2D eigenvalue weighted by Gasteiger charge is 2.34. The predicted octanol–water partition coefficient (Wildman–Crippen LogP) is 5.54. The van der Waals surface area contributed by atoms with E-state index in [0.717, 1.165) is 56.1 Å². The Morgan fingerprint density at radius 1 is 1.17 bits per heavy atom. The minimum atomic E-state index is -1.07. The summed E-state index contributed by atoms with van der Waals surface area (Å²) in [4.78, 5) is 19.6. The molecule has 2 aliphatic rings. The molecule has 0 spiro atoms. The third-order valence-electron chi connectivity index (χ3n) is 7.88. The highest BCUT2D eigenvalue weighted by atomic mass is 35.5. The lowest BCUT2D eigenvalue weighted by atomic mass is 9.88. The highest BCUT2D eigenvalue weighted by Crippen LogP contribution is 2.38. The van der Waals surface area contributed by atoms with Gasteiger partial charge in [0.25, 0.3) is 0 Å². The minimum absolute atomic E-state index is 0.132. The Bertz CT molecular complexity index is 1340. The number of carbonyl (C=O) groups is 1. The van der Waals surface area contributed by atoms with E-state index >= 15 is 0 Å². The first kappa shape index (κ1) is 24.8. The first-order valence-corrected chi connectivity index (χ1v) is 13.2. The Labute approximate surface area is 217 Å². The maximum atomic E-state index is 12.7. The summed E-state index contributed by atoms with van der Waals surface area (Å²) in [5.41, 5.74) is 3.97. The monoisotopic (exact) mass is 504 g/mol. The van der Waals surface area contributed by atoms with Crippen molar-refractivity contribution in [3.05, 3.63) is 63.9 Å². The summed E-state index contributed by atoms with van der Waals surface area (Å²) in [6.45, 7) is 5.98. The smallest absolute Gasteiger partial charge is 0.219 e. The number of aromatic nitrogens is 2. The second-order valence-electron chi connectivity index (χ2n) is 11.0. The normalized spacial score (nSPS) is 21.8. The van der Waals surface area contributed by atoms with Gasteiger partial charge in [-0.1, -0.05) is 17.7 Å². The molecule has 5 rings (SSSR count). The molecule has 1 atom stereocenters. The van der Waals surface area contributed by atoms with E-state index in [4.69, 9.17) is 16.6 Å². The number of amides is 1. The van der Waals surface area contributed by atoms with Gasteiger partial charge in [0.15, 0.2) is 0 Å². The topological polar surface area (TPSA) is 82.2 Å². The first-order chi connectivity index (χ1) is 17.1. The fraction of sp³-hybridized carbons (Fsp3) is 0.483. The standard InChI is InChI=1S/C29H33ClN4O2/c1-18(35)33(17-20-13-21-5-4-19(16-31)12-22(21)14-20)24-7-9-25(10-8-24)34-27-11-6-23(30)15-26(27)32-28(34)29(2,3)36/h4-6,11-12,15,20,24-25,36H,7-10,13-14,17H2,1-3H3. The lowest BCUT2D eigenvalue weighted by Gasteiger charge is -2.39. The second kappa shape index (κ2) is 9.53. The molecule has 1 unspecified atom stereocenters. The molecular formula is C29H33ClN4O2. The third kappa shape index (κ3) is 4.75. The molecule has 0 bridgehead atoms. The van der Waals surface area contributed by atoms with Crippen LogP contribution in [0.2, 0.25) is 5.02 Å². The van der Waals surface area contributed by atoms with Gasteiger partial charge >= 0.3 is 0 Å². The van der Waals surface area contributed by atoms with Crippen molar-refractivity contribution in [1.82, 2.24) is 14.5 Å². The summed E-state index contributed by atoms with van der Waals surface area (Å²) in [6.07, 6.45) is 5.55. The zero-order valence-electron chi connectivity index (χ0n) is 21.2. The molecular weight excluding hydrogens is 472 g/mol. The average Bonchev–Trinajstić information content (AvgIpc) is 3.42. The first-order valence-electron chi connectivity index (χ1n) is 12.8. The fourth-order valence-corrected chi connectivity index (χ4v) is 6.39. The number of imidazole rings is 1. The number of hydrogen-bond donors (Lipinski definition) is 1. The van der Waals surface area contributed by atoms with E-state index in [-0.39, 0.29) is 18.0 Å². The van der Waals surface area contributed by atoms with Crippen LogP contribution in [0.1, 0.15) is 75.0 Å². The van der Waals surface area contributed by atoms with Crippen molar-refractivity contribution in [3.8, 4) is 6.07 Å². The zero-order chi connectivity index (χ0) is 25.6. The molecule has 0 aliphatic heterocycles. The Morgan fingerprint density at radius 3 is 2.56 bits per heavy atom. The molecule has 1 N–H and O–H groups in total. The lowest BCUT2D eigenvalue weighted by molar-refractivity contribution is -0.132. The van der Waals surface area contributed by atoms with Gasteiger partial charge in [-0.05, 0) is 99.7 Å². The summed E-state index contributed by atoms with van der Waals surface area (Å²) in [7, 11) is 0. The van der Waals surface area contributed by atoms with E-state index in [2.05, 4.69) is 21.6 Å². The van der Waals surface area contributed by atoms with E-state index in [1.54, 1.807) is 20.8 Å². The molecule has 1 saturated carbocycles. The number of nitriles is 1. The molecule has 0 radical (unpaired) electrons. The van der Waals surface area contributed by atoms with E-state index in [1.807, 2.05) is 30.3 Å². The van der Waals surface area contributed by atoms with E-state index in [0.29, 0.717) is 22.3 Å². The second-order valence-corrected chi connectivity index (χ2v) is 11.4. The van der Waals surface area contributed by atoms with E-state index < -0.39 is 5.60 Å². The molecule has 2 aromatic carbocycles. The van der Waals surface area contributed by atoms with Crippen molar-refractivity contribution in [1.29, 1.82) is 5.26 Å². The lowest BCUT2D eigenvalue weighted by Crippen LogP contribution is -2.44. The van der Waals surface area contributed by atoms with Crippen molar-refractivity contribution >= 4 is 28.5 Å². The van der Waals surface area contributed by atoms with E-state index in [9.17, 15) is 15.2 Å². The largest absolute Gasteiger partial charge is 0.383 e. The van der Waals surface area contributed by atoms with Gasteiger partial charge in [-0.2, -0.15) is 5.26 Å². The Morgan fingerprint density at radius 2 is 1.89 bits per heavy atom. The number of rotatable bonds is 5. The number of fused-ring (bicyclic) bond motifs is 2. The molecule has 1 aromatic heterocycles. The molecule has 36 heavy (non-hydrogen) atoms. The van der Waals surface area contributed by atoms with Crippen molar-refractivity contribution in [2.24, 2.45) is 5.92 Å². The van der Waals surface area contributed by atoms with Gasteiger partial charge in [-0.3, -0.25) is 4.79 Å². The average molecular weight is 505 g/mol. The maximum Gasteiger partial charge on any atom is 0.219 e. The van der Waals surface area contributed by atoms with Gasteiger partial charge in [-0.25, -0.2) is 4.98 Å². The molecule has 2 aliphatic carbocycles. The van der Waals surface area contributed by atoms with Crippen LogP contribution in [0.25, 0.3) is 11.0 Å². The number of carbonyl (C=O) groups excluding carboxylic acids is 1. The van der Waals surface area contributed by atoms with Gasteiger partial charge in [0.05, 0.1) is 22.7 Å². The number of aliphatic hydroxyl groups is 1. The molecule has 6 nitrogen and oxygen atoms in total. The fourth-order valence-electron chi connectivity index (χ4n) is 6.22.